The molecule has 5 aliphatic rings. The van der Waals surface area contributed by atoms with Gasteiger partial charge >= 0.3 is 0 Å². The number of nitrogens with zero attached hydrogens (tertiary/aromatic N) is 1. The van der Waals surface area contributed by atoms with Crippen LogP contribution in [0.3, 0.4) is 0 Å². The predicted molar refractivity (Wildman–Crippen MR) is 141 cm³/mol. The lowest BCUT2D eigenvalue weighted by atomic mass is 9.43. The Kier molecular flexibility index (Phi) is 5.32. The fraction of sp³-hybridized carbons (Fsp3) is 0.656. The quantitative estimate of drug-likeness (QED) is 0.528. The van der Waals surface area contributed by atoms with E-state index in [0.717, 1.165) is 38.5 Å². The van der Waals surface area contributed by atoms with E-state index in [1.54, 1.807) is 0 Å². The zero-order chi connectivity index (χ0) is 24.6. The van der Waals surface area contributed by atoms with E-state index < -0.39 is 5.60 Å². The van der Waals surface area contributed by atoms with Crippen LogP contribution in [0.5, 0.6) is 0 Å². The standard InChI is InChI=1S/C32H41NO2/c1-30-16-14-25(34)19-23(30)9-12-26-28-15-18-32(35,17-13-21-5-6-21)31(28,2)20-27(29(26)30)22-7-10-24(11-8-22)33(3)4/h7-8,10-11,19,21,26-29,35H,5-6,9,12,14-16,18,20H2,1-4H3/t26-,27+,28-,29+,30-,31-,32-/m0/s1. The number of ketones is 1. The van der Waals surface area contributed by atoms with Crippen LogP contribution in [0, 0.1) is 46.3 Å². The summed E-state index contributed by atoms with van der Waals surface area (Å²) in [6.07, 6.45) is 11.1. The molecule has 6 rings (SSSR count). The van der Waals surface area contributed by atoms with Gasteiger partial charge in [-0.1, -0.05) is 43.4 Å². The van der Waals surface area contributed by atoms with Crippen molar-refractivity contribution in [1.82, 2.24) is 0 Å². The number of hydrogen-bond donors (Lipinski definition) is 1. The zero-order valence-corrected chi connectivity index (χ0v) is 21.9. The molecule has 35 heavy (non-hydrogen) atoms. The van der Waals surface area contributed by atoms with E-state index in [9.17, 15) is 9.90 Å². The van der Waals surface area contributed by atoms with Gasteiger partial charge in [0, 0.05) is 37.5 Å². The lowest BCUT2D eigenvalue weighted by molar-refractivity contribution is -0.122. The molecule has 0 amide bonds. The Labute approximate surface area is 211 Å². The maximum Gasteiger partial charge on any atom is 0.155 e. The molecule has 0 spiro atoms. The lowest BCUT2D eigenvalue weighted by Crippen LogP contribution is -2.57. The van der Waals surface area contributed by atoms with E-state index >= 15 is 0 Å². The summed E-state index contributed by atoms with van der Waals surface area (Å²) in [5, 5.41) is 12.1. The van der Waals surface area contributed by atoms with Crippen molar-refractivity contribution in [3.63, 3.8) is 0 Å². The normalized spacial score (nSPS) is 42.2. The molecule has 4 saturated carbocycles. The number of fused-ring (bicyclic) bond motifs is 5. The first-order valence-electron chi connectivity index (χ1n) is 13.9. The number of aliphatic hydroxyl groups is 1. The molecular weight excluding hydrogens is 430 g/mol. The highest BCUT2D eigenvalue weighted by Crippen LogP contribution is 2.70. The average molecular weight is 472 g/mol. The van der Waals surface area contributed by atoms with Crippen molar-refractivity contribution in [2.45, 2.75) is 83.2 Å². The van der Waals surface area contributed by atoms with E-state index in [-0.39, 0.29) is 10.8 Å². The van der Waals surface area contributed by atoms with Crippen LogP contribution in [0.4, 0.5) is 5.69 Å². The van der Waals surface area contributed by atoms with E-state index in [1.165, 1.54) is 29.7 Å². The lowest BCUT2D eigenvalue weighted by Gasteiger charge is -2.61. The molecule has 5 aliphatic carbocycles. The third-order valence-corrected chi connectivity index (χ3v) is 11.0. The van der Waals surface area contributed by atoms with Gasteiger partial charge in [0.2, 0.25) is 0 Å². The third-order valence-electron chi connectivity index (χ3n) is 11.0. The van der Waals surface area contributed by atoms with Gasteiger partial charge in [0.15, 0.2) is 5.78 Å². The van der Waals surface area contributed by atoms with E-state index in [0.29, 0.717) is 41.8 Å². The largest absolute Gasteiger partial charge is 0.378 e. The molecule has 0 bridgehead atoms. The molecule has 186 valence electrons. The number of carbonyl (C=O) groups excluding carboxylic acids is 1. The van der Waals surface area contributed by atoms with Crippen LogP contribution in [-0.2, 0) is 4.79 Å². The molecule has 0 radical (unpaired) electrons. The summed E-state index contributed by atoms with van der Waals surface area (Å²) in [7, 11) is 4.18. The molecule has 0 aliphatic heterocycles. The Morgan fingerprint density at radius 3 is 2.43 bits per heavy atom. The summed E-state index contributed by atoms with van der Waals surface area (Å²) in [5.41, 5.74) is 3.01. The van der Waals surface area contributed by atoms with Gasteiger partial charge in [-0.2, -0.15) is 0 Å². The van der Waals surface area contributed by atoms with Crippen molar-refractivity contribution in [3.05, 3.63) is 41.5 Å². The second-order valence-corrected chi connectivity index (χ2v) is 13.0. The molecule has 4 fully saturated rings. The molecule has 7 atom stereocenters. The van der Waals surface area contributed by atoms with Crippen molar-refractivity contribution < 1.29 is 9.90 Å². The number of anilines is 1. The van der Waals surface area contributed by atoms with Gasteiger partial charge in [0.1, 0.15) is 5.60 Å². The van der Waals surface area contributed by atoms with Gasteiger partial charge in [0.05, 0.1) is 0 Å². The molecular formula is C32H41NO2. The number of allylic oxidation sites excluding steroid dienone is 1. The summed E-state index contributed by atoms with van der Waals surface area (Å²) in [6.45, 7) is 4.82. The van der Waals surface area contributed by atoms with Crippen LogP contribution in [0.1, 0.15) is 83.1 Å². The molecule has 0 aromatic heterocycles. The van der Waals surface area contributed by atoms with Crippen molar-refractivity contribution in [2.24, 2.45) is 34.5 Å². The maximum atomic E-state index is 12.4. The fourth-order valence-electron chi connectivity index (χ4n) is 8.75. The first-order valence-corrected chi connectivity index (χ1v) is 13.9. The zero-order valence-electron chi connectivity index (χ0n) is 21.9. The second-order valence-electron chi connectivity index (χ2n) is 13.0. The molecule has 1 aromatic rings. The molecule has 0 saturated heterocycles. The van der Waals surface area contributed by atoms with Gasteiger partial charge in [0.25, 0.3) is 0 Å². The van der Waals surface area contributed by atoms with Gasteiger partial charge in [-0.3, -0.25) is 4.79 Å². The minimum Gasteiger partial charge on any atom is -0.378 e. The maximum absolute atomic E-state index is 12.4. The van der Waals surface area contributed by atoms with Crippen LogP contribution in [0.15, 0.2) is 35.9 Å². The Hall–Kier alpha value is -2.05. The number of rotatable bonds is 2. The average Bonchev–Trinajstić information content (AvgIpc) is 3.62. The number of hydrogen-bond acceptors (Lipinski definition) is 3. The van der Waals surface area contributed by atoms with Gasteiger partial charge in [-0.15, -0.1) is 0 Å². The number of carbonyl (C=O) groups is 1. The highest BCUT2D eigenvalue weighted by atomic mass is 16.3. The van der Waals surface area contributed by atoms with Crippen molar-refractivity contribution >= 4 is 11.5 Å². The van der Waals surface area contributed by atoms with E-state index in [4.69, 9.17) is 0 Å². The molecule has 0 heterocycles. The van der Waals surface area contributed by atoms with Crippen LogP contribution < -0.4 is 4.90 Å². The highest BCUT2D eigenvalue weighted by Gasteiger charge is 2.66. The summed E-state index contributed by atoms with van der Waals surface area (Å²) in [5.74, 6) is 9.68. The summed E-state index contributed by atoms with van der Waals surface area (Å²) >= 11 is 0. The van der Waals surface area contributed by atoms with E-state index in [1.807, 2.05) is 6.08 Å². The first kappa shape index (κ1) is 23.4. The predicted octanol–water partition coefficient (Wildman–Crippen LogP) is 6.12. The van der Waals surface area contributed by atoms with Gasteiger partial charge in [-0.05, 0) is 104 Å². The van der Waals surface area contributed by atoms with E-state index in [2.05, 4.69) is 68.9 Å². The minimum absolute atomic E-state index is 0.0729. The molecule has 0 unspecified atom stereocenters. The molecule has 3 heteroatoms. The summed E-state index contributed by atoms with van der Waals surface area (Å²) in [4.78, 5) is 14.6. The number of benzene rings is 1. The van der Waals surface area contributed by atoms with Crippen molar-refractivity contribution in [3.8, 4) is 11.8 Å². The van der Waals surface area contributed by atoms with Crippen LogP contribution in [-0.4, -0.2) is 30.6 Å². The molecule has 3 nitrogen and oxygen atoms in total. The van der Waals surface area contributed by atoms with Crippen LogP contribution in [0.25, 0.3) is 0 Å². The van der Waals surface area contributed by atoms with Crippen LogP contribution >= 0.6 is 0 Å². The van der Waals surface area contributed by atoms with Crippen LogP contribution in [0.2, 0.25) is 0 Å². The highest BCUT2D eigenvalue weighted by molar-refractivity contribution is 5.91. The van der Waals surface area contributed by atoms with Gasteiger partial charge in [-0.25, -0.2) is 0 Å². The third kappa shape index (κ3) is 3.54. The minimum atomic E-state index is -0.882. The fourth-order valence-corrected chi connectivity index (χ4v) is 8.75. The Balaban J connectivity index is 1.45. The Morgan fingerprint density at radius 2 is 1.74 bits per heavy atom. The Morgan fingerprint density at radius 1 is 1.00 bits per heavy atom. The Bertz CT molecular complexity index is 1120. The second kappa shape index (κ2) is 7.97. The van der Waals surface area contributed by atoms with Crippen molar-refractivity contribution in [1.29, 1.82) is 0 Å². The smallest absolute Gasteiger partial charge is 0.155 e. The van der Waals surface area contributed by atoms with Crippen molar-refractivity contribution in [2.75, 3.05) is 19.0 Å². The monoisotopic (exact) mass is 471 g/mol. The first-order chi connectivity index (χ1) is 16.6. The summed E-state index contributed by atoms with van der Waals surface area (Å²) in [6, 6.07) is 9.16. The summed E-state index contributed by atoms with van der Waals surface area (Å²) < 4.78 is 0. The van der Waals surface area contributed by atoms with Gasteiger partial charge < -0.3 is 10.0 Å². The topological polar surface area (TPSA) is 40.5 Å². The SMILES string of the molecule is CN(C)c1ccc([C@H]2C[C@@]3(C)[C@@H](CC[C@@]3(O)C#CC3CC3)[C@@H]3CCC4=CC(=O)CC[C@]4(C)[C@H]32)cc1. The molecule has 1 N–H and O–H groups in total. The molecule has 1 aromatic carbocycles.